The van der Waals surface area contributed by atoms with Crippen LogP contribution in [0, 0.1) is 5.92 Å². The number of ether oxygens (including phenoxy) is 2. The van der Waals surface area contributed by atoms with E-state index in [1.54, 1.807) is 23.1 Å². The van der Waals surface area contributed by atoms with Gasteiger partial charge in [0.2, 0.25) is 0 Å². The van der Waals surface area contributed by atoms with E-state index in [0.717, 1.165) is 31.2 Å². The third-order valence-corrected chi connectivity index (χ3v) is 5.80. The molecule has 0 radical (unpaired) electrons. The number of ketones is 1. The Labute approximate surface area is 158 Å². The van der Waals surface area contributed by atoms with Crippen LogP contribution in [0.15, 0.2) is 29.5 Å². The molecule has 1 aromatic rings. The van der Waals surface area contributed by atoms with Gasteiger partial charge >= 0.3 is 0 Å². The first kappa shape index (κ1) is 17.9. The van der Waals surface area contributed by atoms with Crippen LogP contribution in [-0.4, -0.2) is 41.0 Å². The zero-order chi connectivity index (χ0) is 19.1. The van der Waals surface area contributed by atoms with Gasteiger partial charge in [-0.1, -0.05) is 12.5 Å². The van der Waals surface area contributed by atoms with Gasteiger partial charge in [-0.2, -0.15) is 0 Å². The molecule has 3 unspecified atom stereocenters. The summed E-state index contributed by atoms with van der Waals surface area (Å²) < 4.78 is 11.6. The lowest BCUT2D eigenvalue weighted by Gasteiger charge is -2.35. The predicted octanol–water partition coefficient (Wildman–Crippen LogP) is 3.11. The second-order valence-corrected chi connectivity index (χ2v) is 7.31. The van der Waals surface area contributed by atoms with Crippen LogP contribution in [-0.2, 0) is 14.3 Å². The Morgan fingerprint density at radius 1 is 1.22 bits per heavy atom. The highest BCUT2D eigenvalue weighted by Gasteiger charge is 2.51. The molecule has 1 amide bonds. The molecule has 1 N–H and O–H groups in total. The number of carbonyl (C=O) groups is 2. The second kappa shape index (κ2) is 6.91. The van der Waals surface area contributed by atoms with Gasteiger partial charge in [0.15, 0.2) is 23.0 Å². The first-order valence-corrected chi connectivity index (χ1v) is 9.78. The Morgan fingerprint density at radius 3 is 2.74 bits per heavy atom. The van der Waals surface area contributed by atoms with Crippen LogP contribution in [0.3, 0.4) is 0 Å². The van der Waals surface area contributed by atoms with Crippen molar-refractivity contribution < 1.29 is 24.2 Å². The van der Waals surface area contributed by atoms with Crippen molar-refractivity contribution in [1.82, 2.24) is 4.90 Å². The lowest BCUT2D eigenvalue weighted by Crippen LogP contribution is -2.39. The van der Waals surface area contributed by atoms with E-state index in [9.17, 15) is 14.7 Å². The summed E-state index contributed by atoms with van der Waals surface area (Å²) >= 11 is 0. The summed E-state index contributed by atoms with van der Waals surface area (Å²) in [6.45, 7) is 4.61. The molecule has 144 valence electrons. The number of Topliss-reactive ketones (excluding diaryl/α,β-unsaturated/α-hetero) is 1. The zero-order valence-electron chi connectivity index (χ0n) is 15.7. The van der Waals surface area contributed by atoms with Crippen LogP contribution in [0.25, 0.3) is 0 Å². The molecule has 6 heteroatoms. The van der Waals surface area contributed by atoms with Gasteiger partial charge in [-0.05, 0) is 50.8 Å². The first-order valence-electron chi connectivity index (χ1n) is 9.78. The maximum atomic E-state index is 13.3. The van der Waals surface area contributed by atoms with Gasteiger partial charge in [0.25, 0.3) is 5.91 Å². The number of amides is 1. The molecule has 1 fully saturated rings. The van der Waals surface area contributed by atoms with E-state index in [1.165, 1.54) is 0 Å². The fraction of sp³-hybridized carbons (Fsp3) is 0.524. The maximum absolute atomic E-state index is 13.3. The van der Waals surface area contributed by atoms with Gasteiger partial charge in [-0.25, -0.2) is 0 Å². The minimum atomic E-state index is -0.493. The Bertz CT molecular complexity index is 815. The van der Waals surface area contributed by atoms with Crippen LogP contribution in [0.2, 0.25) is 0 Å². The summed E-state index contributed by atoms with van der Waals surface area (Å²) in [5, 5.41) is 10.0. The van der Waals surface area contributed by atoms with E-state index in [2.05, 4.69) is 0 Å². The van der Waals surface area contributed by atoms with Crippen LogP contribution in [0.4, 0.5) is 0 Å². The van der Waals surface area contributed by atoms with Gasteiger partial charge in [-0.3, -0.25) is 9.59 Å². The van der Waals surface area contributed by atoms with Crippen LogP contribution < -0.4 is 4.74 Å². The number of rotatable bonds is 4. The summed E-state index contributed by atoms with van der Waals surface area (Å²) in [4.78, 5) is 27.9. The number of phenols is 1. The van der Waals surface area contributed by atoms with Crippen molar-refractivity contribution in [3.63, 3.8) is 0 Å². The van der Waals surface area contributed by atoms with Gasteiger partial charge in [0, 0.05) is 6.54 Å². The number of fused-ring (bicyclic) bond motifs is 1. The van der Waals surface area contributed by atoms with Crippen molar-refractivity contribution in [3.8, 4) is 11.5 Å². The molecule has 3 aliphatic rings. The summed E-state index contributed by atoms with van der Waals surface area (Å²) in [6.07, 6.45) is 3.51. The third kappa shape index (κ3) is 2.78. The number of phenolic OH excluding ortho intramolecular Hbond substituents is 1. The van der Waals surface area contributed by atoms with E-state index in [1.807, 2.05) is 13.8 Å². The monoisotopic (exact) mass is 371 g/mol. The number of benzene rings is 1. The topological polar surface area (TPSA) is 76.1 Å². The molecule has 4 rings (SSSR count). The fourth-order valence-corrected chi connectivity index (χ4v) is 4.54. The van der Waals surface area contributed by atoms with Crippen molar-refractivity contribution in [2.75, 3.05) is 13.2 Å². The molecule has 2 heterocycles. The summed E-state index contributed by atoms with van der Waals surface area (Å²) in [7, 11) is 0. The van der Waals surface area contributed by atoms with Gasteiger partial charge in [0.1, 0.15) is 6.10 Å². The number of aromatic hydroxyl groups is 1. The normalized spacial score (nSPS) is 27.3. The molecule has 0 aromatic heterocycles. The number of likely N-dealkylation sites (N-methyl/N-ethyl adjacent to an activating group) is 1. The van der Waals surface area contributed by atoms with Gasteiger partial charge in [-0.15, -0.1) is 0 Å². The molecular weight excluding hydrogens is 346 g/mol. The van der Waals surface area contributed by atoms with Crippen molar-refractivity contribution in [2.24, 2.45) is 5.92 Å². The average molecular weight is 371 g/mol. The van der Waals surface area contributed by atoms with E-state index < -0.39 is 6.04 Å². The summed E-state index contributed by atoms with van der Waals surface area (Å²) in [5.41, 5.74) is 1.22. The van der Waals surface area contributed by atoms with Crippen molar-refractivity contribution in [1.29, 1.82) is 0 Å². The van der Waals surface area contributed by atoms with Crippen molar-refractivity contribution >= 4 is 11.7 Å². The SMILES string of the molecule is CCOc1cc(C2C3=C(OC4CCCCC4C3=O)C(=O)N2CC)ccc1O. The smallest absolute Gasteiger partial charge is 0.290 e. The predicted molar refractivity (Wildman–Crippen MR) is 98.3 cm³/mol. The molecule has 1 aliphatic carbocycles. The van der Waals surface area contributed by atoms with E-state index >= 15 is 0 Å². The minimum Gasteiger partial charge on any atom is -0.504 e. The maximum Gasteiger partial charge on any atom is 0.290 e. The highest BCUT2D eigenvalue weighted by atomic mass is 16.5. The van der Waals surface area contributed by atoms with Crippen molar-refractivity contribution in [2.45, 2.75) is 51.7 Å². The summed E-state index contributed by atoms with van der Waals surface area (Å²) in [6, 6.07) is 4.52. The molecule has 3 atom stereocenters. The van der Waals surface area contributed by atoms with Crippen LogP contribution in [0.1, 0.15) is 51.1 Å². The molecule has 2 aliphatic heterocycles. The Hall–Kier alpha value is -2.50. The number of hydrogen-bond acceptors (Lipinski definition) is 5. The highest BCUT2D eigenvalue weighted by molar-refractivity contribution is 6.11. The molecule has 0 saturated heterocycles. The minimum absolute atomic E-state index is 0.0424. The van der Waals surface area contributed by atoms with Crippen molar-refractivity contribution in [3.05, 3.63) is 35.1 Å². The molecular formula is C21H25NO5. The molecule has 27 heavy (non-hydrogen) atoms. The number of hydrogen-bond donors (Lipinski definition) is 1. The lowest BCUT2D eigenvalue weighted by atomic mass is 9.77. The second-order valence-electron chi connectivity index (χ2n) is 7.31. The largest absolute Gasteiger partial charge is 0.504 e. The Morgan fingerprint density at radius 2 is 2.00 bits per heavy atom. The Kier molecular flexibility index (Phi) is 4.58. The number of carbonyl (C=O) groups excluding carboxylic acids is 2. The fourth-order valence-electron chi connectivity index (χ4n) is 4.54. The lowest BCUT2D eigenvalue weighted by molar-refractivity contribution is -0.135. The van der Waals surface area contributed by atoms with Gasteiger partial charge < -0.3 is 19.5 Å². The summed E-state index contributed by atoms with van der Waals surface area (Å²) in [5.74, 6) is 0.282. The van der Waals surface area contributed by atoms with Crippen LogP contribution >= 0.6 is 0 Å². The standard InChI is InChI=1S/C21H25NO5/c1-3-22-18(12-9-10-14(23)16(11-12)26-4-2)17-19(24)13-7-5-6-8-15(13)27-20(17)21(22)25/h9-11,13,15,18,23H,3-8H2,1-2H3. The highest BCUT2D eigenvalue weighted by Crippen LogP contribution is 2.47. The van der Waals surface area contributed by atoms with E-state index in [0.29, 0.717) is 24.5 Å². The van der Waals surface area contributed by atoms with Crippen LogP contribution in [0.5, 0.6) is 11.5 Å². The Balaban J connectivity index is 1.79. The quantitative estimate of drug-likeness (QED) is 0.880. The molecule has 0 spiro atoms. The van der Waals surface area contributed by atoms with E-state index in [-0.39, 0.29) is 35.2 Å². The molecule has 1 aromatic carbocycles. The van der Waals surface area contributed by atoms with Gasteiger partial charge in [0.05, 0.1) is 24.1 Å². The zero-order valence-corrected chi connectivity index (χ0v) is 15.7. The number of nitrogens with zero attached hydrogens (tertiary/aromatic N) is 1. The average Bonchev–Trinajstić information content (AvgIpc) is 2.96. The first-order chi connectivity index (χ1) is 13.1. The van der Waals surface area contributed by atoms with E-state index in [4.69, 9.17) is 9.47 Å². The molecule has 6 nitrogen and oxygen atoms in total. The molecule has 0 bridgehead atoms. The third-order valence-electron chi connectivity index (χ3n) is 5.80. The molecule has 1 saturated carbocycles.